The van der Waals surface area contributed by atoms with Crippen molar-refractivity contribution in [1.29, 1.82) is 0 Å². The van der Waals surface area contributed by atoms with E-state index in [0.717, 1.165) is 14.3 Å². The largest absolute Gasteiger partial charge is 0.224 e. The van der Waals surface area contributed by atoms with E-state index >= 15 is 0 Å². The van der Waals surface area contributed by atoms with Gasteiger partial charge in [0.2, 0.25) is 0 Å². The standard InChI is InChI=1S/C13H11BrO2S2/c1-18(15,16)13-7-5-11(6-8-13)17-12-4-2-3-10(14)9-12/h2-9H,1H3. The van der Waals surface area contributed by atoms with Gasteiger partial charge in [0.05, 0.1) is 4.90 Å². The quantitative estimate of drug-likeness (QED) is 0.845. The first kappa shape index (κ1) is 13.6. The van der Waals surface area contributed by atoms with E-state index in [4.69, 9.17) is 0 Å². The number of halogens is 1. The Morgan fingerprint density at radius 1 is 1.00 bits per heavy atom. The van der Waals surface area contributed by atoms with E-state index in [1.165, 1.54) is 6.26 Å². The van der Waals surface area contributed by atoms with Crippen LogP contribution in [0.25, 0.3) is 0 Å². The Hall–Kier alpha value is -0.780. The van der Waals surface area contributed by atoms with Crippen molar-refractivity contribution in [1.82, 2.24) is 0 Å². The molecular weight excluding hydrogens is 332 g/mol. The van der Waals surface area contributed by atoms with Crippen molar-refractivity contribution in [3.8, 4) is 0 Å². The highest BCUT2D eigenvalue weighted by atomic mass is 79.9. The predicted molar refractivity (Wildman–Crippen MR) is 77.8 cm³/mol. The van der Waals surface area contributed by atoms with Gasteiger partial charge in [-0.1, -0.05) is 33.8 Å². The molecule has 0 saturated carbocycles. The summed E-state index contributed by atoms with van der Waals surface area (Å²) in [6.45, 7) is 0. The van der Waals surface area contributed by atoms with Gasteiger partial charge < -0.3 is 0 Å². The normalized spacial score (nSPS) is 11.4. The lowest BCUT2D eigenvalue weighted by molar-refractivity contribution is 0.602. The molecule has 94 valence electrons. The van der Waals surface area contributed by atoms with Crippen LogP contribution in [-0.2, 0) is 9.84 Å². The van der Waals surface area contributed by atoms with Gasteiger partial charge in [0.15, 0.2) is 9.84 Å². The highest BCUT2D eigenvalue weighted by Crippen LogP contribution is 2.29. The van der Waals surface area contributed by atoms with Gasteiger partial charge in [-0.05, 0) is 42.5 Å². The molecule has 18 heavy (non-hydrogen) atoms. The summed E-state index contributed by atoms with van der Waals surface area (Å²) in [5, 5.41) is 0. The lowest BCUT2D eigenvalue weighted by Gasteiger charge is -2.03. The van der Waals surface area contributed by atoms with Gasteiger partial charge in [-0.15, -0.1) is 0 Å². The van der Waals surface area contributed by atoms with E-state index in [1.807, 2.05) is 36.4 Å². The SMILES string of the molecule is CS(=O)(=O)c1ccc(Sc2cccc(Br)c2)cc1. The van der Waals surface area contributed by atoms with Crippen LogP contribution in [0.3, 0.4) is 0 Å². The third kappa shape index (κ3) is 3.60. The number of benzene rings is 2. The van der Waals surface area contributed by atoms with E-state index in [0.29, 0.717) is 4.90 Å². The van der Waals surface area contributed by atoms with Crippen molar-refractivity contribution in [2.45, 2.75) is 14.7 Å². The van der Waals surface area contributed by atoms with Gasteiger partial charge in [0, 0.05) is 20.5 Å². The van der Waals surface area contributed by atoms with Crippen LogP contribution in [0.4, 0.5) is 0 Å². The summed E-state index contributed by atoms with van der Waals surface area (Å²) in [6.07, 6.45) is 1.21. The fourth-order valence-electron chi connectivity index (χ4n) is 1.42. The summed E-state index contributed by atoms with van der Waals surface area (Å²) < 4.78 is 23.7. The maximum Gasteiger partial charge on any atom is 0.175 e. The summed E-state index contributed by atoms with van der Waals surface area (Å²) in [5.74, 6) is 0. The molecule has 0 aliphatic carbocycles. The molecule has 0 unspecified atom stereocenters. The lowest BCUT2D eigenvalue weighted by Crippen LogP contribution is -1.95. The molecule has 0 fully saturated rings. The zero-order valence-corrected chi connectivity index (χ0v) is 12.8. The third-order valence-corrected chi connectivity index (χ3v) is 4.90. The van der Waals surface area contributed by atoms with Crippen LogP contribution in [0.1, 0.15) is 0 Å². The summed E-state index contributed by atoms with van der Waals surface area (Å²) in [4.78, 5) is 2.47. The van der Waals surface area contributed by atoms with Crippen molar-refractivity contribution >= 4 is 37.5 Å². The van der Waals surface area contributed by atoms with Crippen molar-refractivity contribution in [2.75, 3.05) is 6.26 Å². The van der Waals surface area contributed by atoms with Gasteiger partial charge in [-0.2, -0.15) is 0 Å². The lowest BCUT2D eigenvalue weighted by atomic mass is 10.4. The molecule has 0 heterocycles. The Labute approximate surface area is 119 Å². The van der Waals surface area contributed by atoms with Crippen LogP contribution < -0.4 is 0 Å². The second-order valence-electron chi connectivity index (χ2n) is 3.80. The van der Waals surface area contributed by atoms with Crippen LogP contribution in [0.2, 0.25) is 0 Å². The van der Waals surface area contributed by atoms with Gasteiger partial charge in [0.1, 0.15) is 0 Å². The summed E-state index contributed by atoms with van der Waals surface area (Å²) in [5.41, 5.74) is 0. The monoisotopic (exact) mass is 342 g/mol. The Kier molecular flexibility index (Phi) is 4.14. The molecule has 0 bridgehead atoms. The highest BCUT2D eigenvalue weighted by Gasteiger charge is 2.06. The summed E-state index contributed by atoms with van der Waals surface area (Å²) >= 11 is 5.02. The fourth-order valence-corrected chi connectivity index (χ4v) is 3.48. The van der Waals surface area contributed by atoms with Gasteiger partial charge in [-0.25, -0.2) is 8.42 Å². The van der Waals surface area contributed by atoms with Crippen LogP contribution >= 0.6 is 27.7 Å². The first-order chi connectivity index (χ1) is 8.45. The maximum atomic E-state index is 11.3. The molecule has 0 N–H and O–H groups in total. The smallest absolute Gasteiger partial charge is 0.175 e. The number of hydrogen-bond donors (Lipinski definition) is 0. The molecule has 5 heteroatoms. The van der Waals surface area contributed by atoms with Crippen LogP contribution in [0.15, 0.2) is 67.7 Å². The molecule has 2 rings (SSSR count). The minimum Gasteiger partial charge on any atom is -0.224 e. The topological polar surface area (TPSA) is 34.1 Å². The molecular formula is C13H11BrO2S2. The van der Waals surface area contributed by atoms with E-state index in [-0.39, 0.29) is 0 Å². The molecule has 0 saturated heterocycles. The molecule has 2 nitrogen and oxygen atoms in total. The molecule has 0 atom stereocenters. The molecule has 0 aliphatic heterocycles. The van der Waals surface area contributed by atoms with Crippen molar-refractivity contribution < 1.29 is 8.42 Å². The van der Waals surface area contributed by atoms with Crippen molar-refractivity contribution in [3.05, 3.63) is 53.0 Å². The summed E-state index contributed by atoms with van der Waals surface area (Å²) in [7, 11) is -3.12. The Morgan fingerprint density at radius 3 is 2.22 bits per heavy atom. The van der Waals surface area contributed by atoms with Crippen LogP contribution in [0, 0.1) is 0 Å². The third-order valence-electron chi connectivity index (χ3n) is 2.28. The second-order valence-corrected chi connectivity index (χ2v) is 7.88. The molecule has 0 aromatic heterocycles. The molecule has 2 aromatic rings. The van der Waals surface area contributed by atoms with Gasteiger partial charge >= 0.3 is 0 Å². The fraction of sp³-hybridized carbons (Fsp3) is 0.0769. The number of hydrogen-bond acceptors (Lipinski definition) is 3. The minimum absolute atomic E-state index is 0.348. The van der Waals surface area contributed by atoms with E-state index in [9.17, 15) is 8.42 Å². The zero-order chi connectivity index (χ0) is 13.2. The molecule has 0 aliphatic rings. The maximum absolute atomic E-state index is 11.3. The second kappa shape index (κ2) is 5.47. The first-order valence-corrected chi connectivity index (χ1v) is 8.69. The Morgan fingerprint density at radius 2 is 1.67 bits per heavy atom. The van der Waals surface area contributed by atoms with Crippen molar-refractivity contribution in [3.63, 3.8) is 0 Å². The Bertz CT molecular complexity index is 649. The zero-order valence-electron chi connectivity index (χ0n) is 9.63. The number of sulfone groups is 1. The minimum atomic E-state index is -3.12. The average Bonchev–Trinajstić information content (AvgIpc) is 2.28. The number of rotatable bonds is 3. The molecule has 2 aromatic carbocycles. The molecule has 0 spiro atoms. The summed E-state index contributed by atoms with van der Waals surface area (Å²) in [6, 6.07) is 14.9. The Balaban J connectivity index is 2.21. The highest BCUT2D eigenvalue weighted by molar-refractivity contribution is 9.10. The first-order valence-electron chi connectivity index (χ1n) is 5.19. The predicted octanol–water partition coefficient (Wildman–Crippen LogP) is 4.00. The van der Waals surface area contributed by atoms with Gasteiger partial charge in [-0.3, -0.25) is 0 Å². The van der Waals surface area contributed by atoms with E-state index in [2.05, 4.69) is 15.9 Å². The molecule has 0 radical (unpaired) electrons. The van der Waals surface area contributed by atoms with Crippen molar-refractivity contribution in [2.24, 2.45) is 0 Å². The van der Waals surface area contributed by atoms with Crippen LogP contribution in [0.5, 0.6) is 0 Å². The molecule has 0 amide bonds. The average molecular weight is 343 g/mol. The van der Waals surface area contributed by atoms with E-state index in [1.54, 1.807) is 23.9 Å². The van der Waals surface area contributed by atoms with E-state index < -0.39 is 9.84 Å². The van der Waals surface area contributed by atoms with Gasteiger partial charge in [0.25, 0.3) is 0 Å². The van der Waals surface area contributed by atoms with Crippen LogP contribution in [-0.4, -0.2) is 14.7 Å².